The lowest BCUT2D eigenvalue weighted by Gasteiger charge is -2.43. The SMILES string of the molecule is CO[C@H]1O[C@H](COCc2ccccc2)[C@@H](OC(C)=O)[C@H](OC(C)=O)[C@@H]1OC(C)=O. The second-order valence-electron chi connectivity index (χ2n) is 6.50. The van der Waals surface area contributed by atoms with Crippen LogP contribution in [-0.4, -0.2) is 62.3 Å². The van der Waals surface area contributed by atoms with Crippen LogP contribution in [0.2, 0.25) is 0 Å². The first-order valence-electron chi connectivity index (χ1n) is 9.13. The Bertz CT molecular complexity index is 690. The van der Waals surface area contributed by atoms with Gasteiger partial charge in [-0.1, -0.05) is 30.3 Å². The van der Waals surface area contributed by atoms with Crippen molar-refractivity contribution in [1.82, 2.24) is 0 Å². The first-order chi connectivity index (χ1) is 13.8. The Morgan fingerprint density at radius 3 is 1.97 bits per heavy atom. The topological polar surface area (TPSA) is 107 Å². The molecule has 0 unspecified atom stereocenters. The first-order valence-corrected chi connectivity index (χ1v) is 9.13. The van der Waals surface area contributed by atoms with Crippen molar-refractivity contribution in [2.75, 3.05) is 13.7 Å². The zero-order valence-electron chi connectivity index (χ0n) is 16.9. The van der Waals surface area contributed by atoms with Crippen LogP contribution < -0.4 is 0 Å². The van der Waals surface area contributed by atoms with Crippen LogP contribution in [-0.2, 0) is 49.4 Å². The van der Waals surface area contributed by atoms with Crippen molar-refractivity contribution in [2.45, 2.75) is 58.1 Å². The van der Waals surface area contributed by atoms with Crippen LogP contribution in [0.1, 0.15) is 26.3 Å². The number of carbonyl (C=O) groups is 3. The van der Waals surface area contributed by atoms with E-state index in [4.69, 9.17) is 28.4 Å². The van der Waals surface area contributed by atoms with Gasteiger partial charge >= 0.3 is 17.9 Å². The van der Waals surface area contributed by atoms with Crippen LogP contribution in [0.15, 0.2) is 30.3 Å². The first kappa shape index (κ1) is 22.8. The summed E-state index contributed by atoms with van der Waals surface area (Å²) < 4.78 is 32.7. The molecular formula is C20H26O9. The lowest BCUT2D eigenvalue weighted by molar-refractivity contribution is -0.304. The molecule has 0 N–H and O–H groups in total. The summed E-state index contributed by atoms with van der Waals surface area (Å²) in [6, 6.07) is 9.48. The molecule has 0 aliphatic carbocycles. The van der Waals surface area contributed by atoms with Crippen molar-refractivity contribution in [2.24, 2.45) is 0 Å². The maximum atomic E-state index is 11.7. The van der Waals surface area contributed by atoms with E-state index in [1.807, 2.05) is 30.3 Å². The van der Waals surface area contributed by atoms with Gasteiger partial charge in [0.05, 0.1) is 13.2 Å². The average molecular weight is 410 g/mol. The third-order valence-corrected chi connectivity index (χ3v) is 4.12. The van der Waals surface area contributed by atoms with E-state index in [0.29, 0.717) is 6.61 Å². The van der Waals surface area contributed by atoms with Gasteiger partial charge in [0.2, 0.25) is 0 Å². The second kappa shape index (κ2) is 10.9. The molecule has 1 aliphatic rings. The minimum Gasteiger partial charge on any atom is -0.456 e. The van der Waals surface area contributed by atoms with Crippen molar-refractivity contribution in [1.29, 1.82) is 0 Å². The van der Waals surface area contributed by atoms with E-state index in [9.17, 15) is 14.4 Å². The normalized spacial score (nSPS) is 26.4. The third-order valence-electron chi connectivity index (χ3n) is 4.12. The summed E-state index contributed by atoms with van der Waals surface area (Å²) in [7, 11) is 1.36. The largest absolute Gasteiger partial charge is 0.456 e. The average Bonchev–Trinajstić information content (AvgIpc) is 2.65. The van der Waals surface area contributed by atoms with Crippen LogP contribution in [0.3, 0.4) is 0 Å². The zero-order valence-corrected chi connectivity index (χ0v) is 16.9. The van der Waals surface area contributed by atoms with E-state index in [1.165, 1.54) is 27.9 Å². The van der Waals surface area contributed by atoms with E-state index in [2.05, 4.69) is 0 Å². The molecule has 0 spiro atoms. The van der Waals surface area contributed by atoms with Crippen molar-refractivity contribution < 1.29 is 42.8 Å². The molecule has 1 heterocycles. The van der Waals surface area contributed by atoms with Crippen molar-refractivity contribution in [3.8, 4) is 0 Å². The van der Waals surface area contributed by atoms with Gasteiger partial charge in [0.25, 0.3) is 0 Å². The lowest BCUT2D eigenvalue weighted by Crippen LogP contribution is -2.62. The molecule has 2 rings (SSSR count). The fourth-order valence-electron chi connectivity index (χ4n) is 3.05. The second-order valence-corrected chi connectivity index (χ2v) is 6.50. The van der Waals surface area contributed by atoms with Crippen LogP contribution in [0.5, 0.6) is 0 Å². The summed E-state index contributed by atoms with van der Waals surface area (Å²) in [5.41, 5.74) is 0.949. The molecule has 0 aromatic heterocycles. The highest BCUT2D eigenvalue weighted by Gasteiger charge is 2.52. The Hall–Kier alpha value is -2.49. The molecule has 160 valence electrons. The lowest BCUT2D eigenvalue weighted by atomic mass is 9.98. The van der Waals surface area contributed by atoms with Crippen molar-refractivity contribution in [3.63, 3.8) is 0 Å². The maximum Gasteiger partial charge on any atom is 0.303 e. The Morgan fingerprint density at radius 1 is 0.862 bits per heavy atom. The van der Waals surface area contributed by atoms with Gasteiger partial charge in [-0.05, 0) is 5.56 Å². The Balaban J connectivity index is 2.21. The van der Waals surface area contributed by atoms with E-state index in [-0.39, 0.29) is 6.61 Å². The predicted octanol–water partition coefficient (Wildman–Crippen LogP) is 1.37. The van der Waals surface area contributed by atoms with Crippen molar-refractivity contribution >= 4 is 17.9 Å². The predicted molar refractivity (Wildman–Crippen MR) is 98.4 cm³/mol. The quantitative estimate of drug-likeness (QED) is 0.464. The Morgan fingerprint density at radius 2 is 1.41 bits per heavy atom. The molecule has 0 bridgehead atoms. The number of esters is 3. The molecule has 1 aromatic carbocycles. The van der Waals surface area contributed by atoms with Gasteiger partial charge in [0.15, 0.2) is 24.6 Å². The van der Waals surface area contributed by atoms with E-state index >= 15 is 0 Å². The maximum absolute atomic E-state index is 11.7. The number of methoxy groups -OCH3 is 1. The Kier molecular flexibility index (Phi) is 8.56. The summed E-state index contributed by atoms with van der Waals surface area (Å²) in [6.07, 6.45) is -5.15. The number of rotatable bonds is 8. The molecule has 1 saturated heterocycles. The number of hydrogen-bond donors (Lipinski definition) is 0. The van der Waals surface area contributed by atoms with Gasteiger partial charge in [0.1, 0.15) is 6.10 Å². The smallest absolute Gasteiger partial charge is 0.303 e. The highest BCUT2D eigenvalue weighted by Crippen LogP contribution is 2.29. The standard InChI is InChI=1S/C20H26O9/c1-12(21)26-17-16(11-25-10-15-8-6-5-7-9-15)29-20(24-4)19(28-14(3)23)18(17)27-13(2)22/h5-9,16-20H,10-11H2,1-4H3/t16-,17-,18+,19+,20+/m1/s1. The zero-order chi connectivity index (χ0) is 21.4. The summed E-state index contributed by atoms with van der Waals surface area (Å²) in [6.45, 7) is 3.95. The molecule has 5 atom stereocenters. The fraction of sp³-hybridized carbons (Fsp3) is 0.550. The number of carbonyl (C=O) groups excluding carboxylic acids is 3. The summed E-state index contributed by atoms with van der Waals surface area (Å²) in [4.78, 5) is 34.9. The van der Waals surface area contributed by atoms with Crippen LogP contribution in [0, 0.1) is 0 Å². The third kappa shape index (κ3) is 6.81. The molecule has 9 heteroatoms. The van der Waals surface area contributed by atoms with Crippen molar-refractivity contribution in [3.05, 3.63) is 35.9 Å². The number of benzene rings is 1. The summed E-state index contributed by atoms with van der Waals surface area (Å²) >= 11 is 0. The molecule has 9 nitrogen and oxygen atoms in total. The Labute approximate surface area is 169 Å². The highest BCUT2D eigenvalue weighted by atomic mass is 16.7. The van der Waals surface area contributed by atoms with Gasteiger partial charge in [-0.2, -0.15) is 0 Å². The molecule has 0 saturated carbocycles. The summed E-state index contributed by atoms with van der Waals surface area (Å²) in [5.74, 6) is -1.87. The van der Waals surface area contributed by atoms with E-state index < -0.39 is 48.6 Å². The van der Waals surface area contributed by atoms with Gasteiger partial charge < -0.3 is 28.4 Å². The summed E-state index contributed by atoms with van der Waals surface area (Å²) in [5, 5.41) is 0. The number of ether oxygens (including phenoxy) is 6. The van der Waals surface area contributed by atoms with Gasteiger partial charge in [-0.15, -0.1) is 0 Å². The minimum atomic E-state index is -1.12. The molecule has 0 amide bonds. The van der Waals surface area contributed by atoms with Crippen LogP contribution in [0.4, 0.5) is 0 Å². The van der Waals surface area contributed by atoms with Gasteiger partial charge in [0, 0.05) is 27.9 Å². The van der Waals surface area contributed by atoms with Gasteiger partial charge in [-0.3, -0.25) is 14.4 Å². The minimum absolute atomic E-state index is 0.0251. The molecule has 1 fully saturated rings. The van der Waals surface area contributed by atoms with Gasteiger partial charge in [-0.25, -0.2) is 0 Å². The fourth-order valence-corrected chi connectivity index (χ4v) is 3.05. The molecule has 0 radical (unpaired) electrons. The van der Waals surface area contributed by atoms with Crippen LogP contribution in [0.25, 0.3) is 0 Å². The van der Waals surface area contributed by atoms with E-state index in [1.54, 1.807) is 0 Å². The van der Waals surface area contributed by atoms with Crippen LogP contribution >= 0.6 is 0 Å². The number of hydrogen-bond acceptors (Lipinski definition) is 9. The molecule has 1 aliphatic heterocycles. The monoisotopic (exact) mass is 410 g/mol. The molecular weight excluding hydrogens is 384 g/mol. The molecule has 1 aromatic rings. The highest BCUT2D eigenvalue weighted by molar-refractivity contribution is 5.68. The van der Waals surface area contributed by atoms with E-state index in [0.717, 1.165) is 5.56 Å². The molecule has 29 heavy (non-hydrogen) atoms.